The minimum Gasteiger partial charge on any atom is -0.353 e. The number of rotatable bonds is 10. The second-order valence-electron chi connectivity index (χ2n) is 15.3. The predicted octanol–water partition coefficient (Wildman–Crippen LogP) is 7.29. The van der Waals surface area contributed by atoms with Crippen LogP contribution in [0.15, 0.2) is 48.5 Å². The molecular weight excluding hydrogens is 556 g/mol. The van der Waals surface area contributed by atoms with Crippen LogP contribution in [0.5, 0.6) is 0 Å². The number of hydrogen-bond donors (Lipinski definition) is 2. The summed E-state index contributed by atoms with van der Waals surface area (Å²) < 4.78 is 0. The van der Waals surface area contributed by atoms with Crippen molar-refractivity contribution in [2.45, 2.75) is 133 Å². The molecule has 0 spiro atoms. The summed E-state index contributed by atoms with van der Waals surface area (Å²) in [5.41, 5.74) is 6.29. The molecule has 4 fully saturated rings. The van der Waals surface area contributed by atoms with Crippen molar-refractivity contribution in [2.24, 2.45) is 11.8 Å². The fourth-order valence-electron chi connectivity index (χ4n) is 10.5. The zero-order valence-electron chi connectivity index (χ0n) is 27.0. The summed E-state index contributed by atoms with van der Waals surface area (Å²) >= 11 is 0. The zero-order chi connectivity index (χ0) is 30.3. The van der Waals surface area contributed by atoms with Crippen LogP contribution in [-0.4, -0.2) is 46.8 Å². The van der Waals surface area contributed by atoms with Crippen LogP contribution in [0.4, 0.5) is 0 Å². The van der Waals surface area contributed by atoms with Crippen molar-refractivity contribution in [3.8, 4) is 0 Å². The fraction of sp³-hybridized carbons (Fsp3) is 0.641. The van der Waals surface area contributed by atoms with Gasteiger partial charge in [-0.2, -0.15) is 0 Å². The average molecular weight is 609 g/mol. The van der Waals surface area contributed by atoms with E-state index in [1.165, 1.54) is 77.3 Å². The summed E-state index contributed by atoms with van der Waals surface area (Å²) in [5, 5.41) is 6.39. The first-order chi connectivity index (χ1) is 22.1. The van der Waals surface area contributed by atoms with E-state index < -0.39 is 0 Å². The topological polar surface area (TPSA) is 64.7 Å². The van der Waals surface area contributed by atoms with Gasteiger partial charge in [0.25, 0.3) is 0 Å². The van der Waals surface area contributed by atoms with E-state index in [1.54, 1.807) is 22.3 Å². The maximum absolute atomic E-state index is 12.8. The highest BCUT2D eigenvalue weighted by Gasteiger charge is 2.44. The van der Waals surface area contributed by atoms with E-state index in [1.807, 2.05) is 0 Å². The minimum absolute atomic E-state index is 0.0313. The quantitative estimate of drug-likeness (QED) is 0.278. The van der Waals surface area contributed by atoms with Crippen molar-refractivity contribution in [3.63, 3.8) is 0 Å². The van der Waals surface area contributed by atoms with Crippen LogP contribution in [0, 0.1) is 11.8 Å². The molecule has 0 aromatic heterocycles. The molecule has 4 bridgehead atoms. The number of nitrogens with zero attached hydrogens (tertiary/aromatic N) is 2. The van der Waals surface area contributed by atoms with Gasteiger partial charge in [0, 0.05) is 36.3 Å². The van der Waals surface area contributed by atoms with Gasteiger partial charge >= 0.3 is 0 Å². The van der Waals surface area contributed by atoms with E-state index in [0.717, 1.165) is 37.5 Å². The maximum Gasteiger partial charge on any atom is 0.229 e. The number of carbonyl (C=O) groups is 2. The van der Waals surface area contributed by atoms with Crippen LogP contribution in [0.2, 0.25) is 0 Å². The van der Waals surface area contributed by atoms with Gasteiger partial charge in [0.1, 0.15) is 6.42 Å². The highest BCUT2D eigenvalue weighted by molar-refractivity contribution is 5.97. The van der Waals surface area contributed by atoms with Gasteiger partial charge in [0.05, 0.1) is 0 Å². The molecule has 8 rings (SSSR count). The van der Waals surface area contributed by atoms with Crippen molar-refractivity contribution in [1.82, 2.24) is 20.4 Å². The third-order valence-corrected chi connectivity index (χ3v) is 12.8. The highest BCUT2D eigenvalue weighted by Crippen LogP contribution is 2.54. The summed E-state index contributed by atoms with van der Waals surface area (Å²) in [4.78, 5) is 31.0. The molecule has 6 nitrogen and oxygen atoms in total. The van der Waals surface area contributed by atoms with Gasteiger partial charge < -0.3 is 10.6 Å². The van der Waals surface area contributed by atoms with E-state index >= 15 is 0 Å². The van der Waals surface area contributed by atoms with Gasteiger partial charge in [-0.3, -0.25) is 19.4 Å². The van der Waals surface area contributed by atoms with Crippen molar-refractivity contribution >= 4 is 11.8 Å². The first kappa shape index (κ1) is 29.7. The number of nitrogens with one attached hydrogen (secondary N) is 2. The normalized spacial score (nSPS) is 33.6. The molecule has 4 unspecified atom stereocenters. The molecule has 45 heavy (non-hydrogen) atoms. The molecule has 6 aliphatic rings. The van der Waals surface area contributed by atoms with Gasteiger partial charge in [-0.25, -0.2) is 0 Å². The summed E-state index contributed by atoms with van der Waals surface area (Å²) in [6, 6.07) is 21.1. The number of amides is 2. The van der Waals surface area contributed by atoms with Gasteiger partial charge in [-0.15, -0.1) is 0 Å². The van der Waals surface area contributed by atoms with Crippen molar-refractivity contribution in [3.05, 3.63) is 70.8 Å². The molecule has 2 aromatic rings. The molecule has 4 atom stereocenters. The predicted molar refractivity (Wildman–Crippen MR) is 177 cm³/mol. The maximum atomic E-state index is 12.8. The Bertz CT molecular complexity index is 1210. The first-order valence-electron chi connectivity index (χ1n) is 18.4. The number of hydrogen-bond acceptors (Lipinski definition) is 4. The SMILES string of the molecule is O=C(CC(=O)N[C@H]1CC[C@H](CCN2C3CCC2c2ccccc23)CC1)N[C@H]1CC[C@H](CCN2C3CCC2c2ccccc23)CC1. The molecule has 2 aliphatic carbocycles. The van der Waals surface area contributed by atoms with Crippen LogP contribution < -0.4 is 10.6 Å². The molecule has 0 radical (unpaired) electrons. The first-order valence-corrected chi connectivity index (χ1v) is 18.4. The van der Waals surface area contributed by atoms with E-state index in [9.17, 15) is 9.59 Å². The van der Waals surface area contributed by atoms with E-state index in [0.29, 0.717) is 24.2 Å². The third-order valence-electron chi connectivity index (χ3n) is 12.8. The third kappa shape index (κ3) is 5.98. The van der Waals surface area contributed by atoms with Crippen LogP contribution in [-0.2, 0) is 9.59 Å². The summed E-state index contributed by atoms with van der Waals surface area (Å²) in [5.74, 6) is 1.30. The Balaban J connectivity index is 0.702. The Morgan fingerprint density at radius 2 is 0.844 bits per heavy atom. The Morgan fingerprint density at radius 1 is 0.511 bits per heavy atom. The Hall–Kier alpha value is -2.70. The number of benzene rings is 2. The van der Waals surface area contributed by atoms with Crippen molar-refractivity contribution in [2.75, 3.05) is 13.1 Å². The molecule has 2 amide bonds. The van der Waals surface area contributed by atoms with E-state index in [-0.39, 0.29) is 30.3 Å². The lowest BCUT2D eigenvalue weighted by molar-refractivity contribution is -0.130. The summed E-state index contributed by atoms with van der Waals surface area (Å²) in [6.45, 7) is 2.39. The van der Waals surface area contributed by atoms with E-state index in [4.69, 9.17) is 0 Å². The smallest absolute Gasteiger partial charge is 0.229 e. The fourth-order valence-corrected chi connectivity index (χ4v) is 10.5. The van der Waals surface area contributed by atoms with Crippen molar-refractivity contribution < 1.29 is 9.59 Å². The van der Waals surface area contributed by atoms with Crippen LogP contribution >= 0.6 is 0 Å². The molecular formula is C39H52N4O2. The van der Waals surface area contributed by atoms with Crippen LogP contribution in [0.1, 0.15) is 143 Å². The van der Waals surface area contributed by atoms with Gasteiger partial charge in [0.2, 0.25) is 11.8 Å². The minimum atomic E-state index is -0.0997. The molecule has 2 N–H and O–H groups in total. The molecule has 6 heteroatoms. The average Bonchev–Trinajstić information content (AvgIpc) is 3.82. The number of fused-ring (bicyclic) bond motifs is 10. The number of carbonyl (C=O) groups excluding carboxylic acids is 2. The molecule has 2 saturated carbocycles. The lowest BCUT2D eigenvalue weighted by atomic mass is 9.83. The summed E-state index contributed by atoms with van der Waals surface area (Å²) in [6.07, 6.45) is 16.6. The molecule has 2 saturated heterocycles. The molecule has 4 aliphatic heterocycles. The second kappa shape index (κ2) is 12.8. The summed E-state index contributed by atoms with van der Waals surface area (Å²) in [7, 11) is 0. The molecule has 2 aromatic carbocycles. The Morgan fingerprint density at radius 3 is 1.18 bits per heavy atom. The lowest BCUT2D eigenvalue weighted by Gasteiger charge is -2.32. The van der Waals surface area contributed by atoms with Crippen LogP contribution in [0.3, 0.4) is 0 Å². The Kier molecular flexibility index (Phi) is 8.46. The van der Waals surface area contributed by atoms with Gasteiger partial charge in [0.15, 0.2) is 0 Å². The largest absolute Gasteiger partial charge is 0.353 e. The molecule has 4 heterocycles. The lowest BCUT2D eigenvalue weighted by Crippen LogP contribution is -2.43. The van der Waals surface area contributed by atoms with Gasteiger partial charge in [-0.05, 0) is 137 Å². The van der Waals surface area contributed by atoms with E-state index in [2.05, 4.69) is 69.0 Å². The standard InChI is InChI=1S/C39H52N4O2/c44-38(40-28-13-9-26(10-14-28)21-23-42-34-17-18-35(42)31-6-2-1-5-30(31)34)25-39(45)41-29-15-11-27(12-16-29)22-24-43-36-19-20-37(43)33-8-4-3-7-32(33)36/h1-8,26-29,34-37H,9-25H2,(H,40,44)(H,41,45)/t26-,27-,28-,29-,34?,35?,36?,37?. The second-order valence-corrected chi connectivity index (χ2v) is 15.3. The van der Waals surface area contributed by atoms with Crippen molar-refractivity contribution in [1.29, 1.82) is 0 Å². The monoisotopic (exact) mass is 608 g/mol. The zero-order valence-corrected chi connectivity index (χ0v) is 27.0. The van der Waals surface area contributed by atoms with Gasteiger partial charge in [-0.1, -0.05) is 48.5 Å². The Labute approximate surface area is 269 Å². The van der Waals surface area contributed by atoms with Crippen LogP contribution in [0.25, 0.3) is 0 Å². The molecule has 240 valence electrons. The highest BCUT2D eigenvalue weighted by atomic mass is 16.2.